The van der Waals surface area contributed by atoms with E-state index in [4.69, 9.17) is 33.2 Å². The highest BCUT2D eigenvalue weighted by atomic mass is 16.6. The van der Waals surface area contributed by atoms with Crippen molar-refractivity contribution in [3.05, 3.63) is 150 Å². The minimum Gasteiger partial charge on any atom is -0.494 e. The van der Waals surface area contributed by atoms with E-state index in [9.17, 15) is 24.0 Å². The van der Waals surface area contributed by atoms with Gasteiger partial charge in [0.05, 0.1) is 25.4 Å². The Morgan fingerprint density at radius 3 is 1.65 bits per heavy atom. The van der Waals surface area contributed by atoms with Gasteiger partial charge in [-0.3, -0.25) is 0 Å². The predicted octanol–water partition coefficient (Wildman–Crippen LogP) is 9.40. The summed E-state index contributed by atoms with van der Waals surface area (Å²) in [5.41, 5.74) is 3.80. The number of carbonyl (C=O) groups is 5. The largest absolute Gasteiger partial charge is 0.494 e. The molecule has 0 unspecified atom stereocenters. The Labute approximate surface area is 362 Å². The number of carbonyl (C=O) groups excluding carboxylic acids is 5. The second-order valence-corrected chi connectivity index (χ2v) is 15.0. The average Bonchev–Trinajstić information content (AvgIpc) is 3.25. The highest BCUT2D eigenvalue weighted by Crippen LogP contribution is 2.28. The van der Waals surface area contributed by atoms with Gasteiger partial charge >= 0.3 is 29.8 Å². The van der Waals surface area contributed by atoms with Crippen LogP contribution in [0.4, 0.5) is 0 Å². The molecule has 0 radical (unpaired) electrons. The van der Waals surface area contributed by atoms with Crippen molar-refractivity contribution in [3.8, 4) is 34.1 Å². The lowest BCUT2D eigenvalue weighted by molar-refractivity contribution is -0.149. The van der Waals surface area contributed by atoms with Crippen LogP contribution < -0.4 is 18.9 Å². The third-order valence-corrected chi connectivity index (χ3v) is 9.08. The van der Waals surface area contributed by atoms with Crippen molar-refractivity contribution in [1.29, 1.82) is 0 Å². The first-order valence-corrected chi connectivity index (χ1v) is 19.8. The number of esters is 5. The summed E-state index contributed by atoms with van der Waals surface area (Å²) < 4.78 is 38.5. The van der Waals surface area contributed by atoms with E-state index in [1.807, 2.05) is 55.5 Å². The first-order valence-electron chi connectivity index (χ1n) is 19.8. The predicted molar refractivity (Wildman–Crippen MR) is 235 cm³/mol. The van der Waals surface area contributed by atoms with Crippen LogP contribution in [0.5, 0.6) is 23.0 Å². The molecular weight excluding hydrogens is 793 g/mol. The molecule has 4 aromatic carbocycles. The Hall–Kier alpha value is -7.21. The molecule has 0 amide bonds. The zero-order valence-electron chi connectivity index (χ0n) is 35.8. The second kappa shape index (κ2) is 23.0. The average molecular weight is 845 g/mol. The molecule has 0 aliphatic rings. The molecule has 0 saturated carbocycles. The minimum absolute atomic E-state index is 0.0171. The number of aryl methyl sites for hydroxylation is 1. The molecule has 0 heterocycles. The molecule has 4 rings (SSSR count). The molecule has 0 saturated heterocycles. The van der Waals surface area contributed by atoms with Gasteiger partial charge in [-0.15, -0.1) is 0 Å². The van der Waals surface area contributed by atoms with E-state index in [0.717, 1.165) is 16.7 Å². The van der Waals surface area contributed by atoms with Crippen LogP contribution in [0, 0.1) is 12.3 Å². The fourth-order valence-corrected chi connectivity index (χ4v) is 5.35. The van der Waals surface area contributed by atoms with Gasteiger partial charge in [0, 0.05) is 34.6 Å². The topological polar surface area (TPSA) is 150 Å². The molecule has 0 aliphatic carbocycles. The van der Waals surface area contributed by atoms with Gasteiger partial charge in [-0.1, -0.05) is 63.1 Å². The Kier molecular flexibility index (Phi) is 17.6. The van der Waals surface area contributed by atoms with E-state index in [-0.39, 0.29) is 43.3 Å². The van der Waals surface area contributed by atoms with E-state index < -0.39 is 35.3 Å². The van der Waals surface area contributed by atoms with Crippen LogP contribution in [0.2, 0.25) is 0 Å². The third-order valence-electron chi connectivity index (χ3n) is 9.08. The lowest BCUT2D eigenvalue weighted by atomic mass is 9.89. The standard InChI is InChI=1S/C50H52O12/c1-33(2)46(52)58-28-9-27-56-41-21-17-40(18-22-41)49(55)61-43-23-24-44(36(7)30-43)62-45(51)25-12-37-10-13-38(14-11-37)39-15-19-42(20-16-39)57-29-26-50(8,31-59-47(53)34(3)4)32-60-48(54)35(5)6/h10-25,30H,1,3,5,9,26-29,31-32H2,2,4,6-8H3/b25-12+. The molecule has 12 nitrogen and oxygen atoms in total. The van der Waals surface area contributed by atoms with Crippen molar-refractivity contribution in [2.75, 3.05) is 33.0 Å². The highest BCUT2D eigenvalue weighted by Gasteiger charge is 2.29. The lowest BCUT2D eigenvalue weighted by Gasteiger charge is -2.28. The van der Waals surface area contributed by atoms with E-state index in [0.29, 0.717) is 53.4 Å². The van der Waals surface area contributed by atoms with E-state index in [1.165, 1.54) is 6.08 Å². The minimum atomic E-state index is -0.700. The van der Waals surface area contributed by atoms with Gasteiger partial charge in [0.2, 0.25) is 0 Å². The summed E-state index contributed by atoms with van der Waals surface area (Å²) in [6, 6.07) is 26.4. The molecule has 324 valence electrons. The van der Waals surface area contributed by atoms with Crippen LogP contribution in [0.1, 0.15) is 62.0 Å². The first kappa shape index (κ1) is 47.5. The maximum Gasteiger partial charge on any atom is 0.343 e. The lowest BCUT2D eigenvalue weighted by Crippen LogP contribution is -2.33. The second-order valence-electron chi connectivity index (χ2n) is 15.0. The van der Waals surface area contributed by atoms with Gasteiger partial charge in [0.15, 0.2) is 0 Å². The smallest absolute Gasteiger partial charge is 0.343 e. The van der Waals surface area contributed by atoms with Crippen molar-refractivity contribution in [2.45, 2.75) is 47.5 Å². The summed E-state index contributed by atoms with van der Waals surface area (Å²) in [6.45, 7) is 19.9. The van der Waals surface area contributed by atoms with Gasteiger partial charge in [-0.05, 0) is 117 Å². The zero-order valence-corrected chi connectivity index (χ0v) is 35.8. The summed E-state index contributed by atoms with van der Waals surface area (Å²) in [4.78, 5) is 60.9. The van der Waals surface area contributed by atoms with E-state index in [1.54, 1.807) is 76.2 Å². The zero-order chi connectivity index (χ0) is 45.2. The summed E-state index contributed by atoms with van der Waals surface area (Å²) in [5.74, 6) is -0.833. The van der Waals surface area contributed by atoms with Crippen molar-refractivity contribution < 1.29 is 57.1 Å². The number of ether oxygens (including phenoxy) is 7. The third kappa shape index (κ3) is 15.4. The van der Waals surface area contributed by atoms with Crippen LogP contribution in [-0.4, -0.2) is 62.9 Å². The van der Waals surface area contributed by atoms with Crippen molar-refractivity contribution in [3.63, 3.8) is 0 Å². The molecule has 0 aliphatic heterocycles. The summed E-state index contributed by atoms with van der Waals surface area (Å²) in [5, 5.41) is 0. The molecule has 0 spiro atoms. The Morgan fingerprint density at radius 2 is 1.10 bits per heavy atom. The van der Waals surface area contributed by atoms with Gasteiger partial charge in [-0.2, -0.15) is 0 Å². The van der Waals surface area contributed by atoms with E-state index in [2.05, 4.69) is 19.7 Å². The van der Waals surface area contributed by atoms with Crippen molar-refractivity contribution >= 4 is 35.9 Å². The number of benzene rings is 4. The maximum atomic E-state index is 12.8. The monoisotopic (exact) mass is 844 g/mol. The molecule has 0 atom stereocenters. The molecule has 0 bridgehead atoms. The maximum absolute atomic E-state index is 12.8. The Morgan fingerprint density at radius 1 is 0.597 bits per heavy atom. The Balaban J connectivity index is 1.23. The van der Waals surface area contributed by atoms with Gasteiger partial charge in [-0.25, -0.2) is 24.0 Å². The quantitative estimate of drug-likeness (QED) is 0.0244. The molecule has 4 aromatic rings. The highest BCUT2D eigenvalue weighted by molar-refractivity contribution is 5.92. The molecule has 0 aromatic heterocycles. The number of hydrogen-bond acceptors (Lipinski definition) is 12. The summed E-state index contributed by atoms with van der Waals surface area (Å²) >= 11 is 0. The summed E-state index contributed by atoms with van der Waals surface area (Å²) in [7, 11) is 0. The number of rotatable bonds is 22. The summed E-state index contributed by atoms with van der Waals surface area (Å²) in [6.07, 6.45) is 3.92. The fraction of sp³-hybridized carbons (Fsp3) is 0.260. The molecule has 62 heavy (non-hydrogen) atoms. The van der Waals surface area contributed by atoms with Crippen LogP contribution in [0.15, 0.2) is 134 Å². The SMILES string of the molecule is C=C(C)C(=O)OCCCOc1ccc(C(=O)Oc2ccc(OC(=O)/C=C/c3ccc(-c4ccc(OCCC(C)(COC(=O)C(=C)C)COC(=O)C(=C)C)cc4)cc3)c(C)c2)cc1. The normalized spacial score (nSPS) is 10.9. The van der Waals surface area contributed by atoms with E-state index >= 15 is 0 Å². The van der Waals surface area contributed by atoms with Crippen LogP contribution in [-0.2, 0) is 33.4 Å². The first-order chi connectivity index (χ1) is 29.5. The molecule has 12 heteroatoms. The van der Waals surface area contributed by atoms with Crippen LogP contribution in [0.3, 0.4) is 0 Å². The van der Waals surface area contributed by atoms with Gasteiger partial charge in [0.1, 0.15) is 36.2 Å². The molecule has 0 fully saturated rings. The van der Waals surface area contributed by atoms with Crippen molar-refractivity contribution in [2.24, 2.45) is 5.41 Å². The van der Waals surface area contributed by atoms with Gasteiger partial charge < -0.3 is 33.2 Å². The van der Waals surface area contributed by atoms with Gasteiger partial charge in [0.25, 0.3) is 0 Å². The number of hydrogen-bond donors (Lipinski definition) is 0. The fourth-order valence-electron chi connectivity index (χ4n) is 5.35. The molecule has 0 N–H and O–H groups in total. The van der Waals surface area contributed by atoms with Crippen LogP contribution in [0.25, 0.3) is 17.2 Å². The Bertz CT molecular complexity index is 2250. The molecular formula is C50H52O12. The van der Waals surface area contributed by atoms with Crippen molar-refractivity contribution in [1.82, 2.24) is 0 Å². The van der Waals surface area contributed by atoms with Crippen LogP contribution >= 0.6 is 0 Å².